The lowest BCUT2D eigenvalue weighted by Crippen LogP contribution is -2.16. The molecule has 0 saturated carbocycles. The van der Waals surface area contributed by atoms with Crippen LogP contribution in [-0.4, -0.2) is 18.5 Å². The number of nitrogens with zero attached hydrogens (tertiary/aromatic N) is 2. The lowest BCUT2D eigenvalue weighted by Gasteiger charge is -2.13. The second-order valence-corrected chi connectivity index (χ2v) is 3.90. The molecule has 1 heterocycles. The van der Waals surface area contributed by atoms with Gasteiger partial charge in [-0.15, -0.1) is 0 Å². The van der Waals surface area contributed by atoms with E-state index >= 15 is 0 Å². The number of fused-ring (bicyclic) bond motifs is 1. The third kappa shape index (κ3) is 1.64. The van der Waals surface area contributed by atoms with Gasteiger partial charge in [-0.05, 0) is 43.6 Å². The summed E-state index contributed by atoms with van der Waals surface area (Å²) in [6, 6.07) is 8.32. The summed E-state index contributed by atoms with van der Waals surface area (Å²) in [5.41, 5.74) is 3.45. The van der Waals surface area contributed by atoms with Crippen LogP contribution in [0.3, 0.4) is 0 Å². The Hall–Kier alpha value is -1.33. The summed E-state index contributed by atoms with van der Waals surface area (Å²) in [6.45, 7) is 2.10. The molecule has 1 aromatic carbocycles. The molecular weight excluding hydrogens is 172 g/mol. The predicted molar refractivity (Wildman–Crippen MR) is 55.8 cm³/mol. The van der Waals surface area contributed by atoms with Crippen molar-refractivity contribution in [3.63, 3.8) is 0 Å². The van der Waals surface area contributed by atoms with Crippen molar-refractivity contribution in [3.8, 4) is 6.07 Å². The quantitative estimate of drug-likeness (QED) is 0.619. The van der Waals surface area contributed by atoms with Crippen molar-refractivity contribution in [2.45, 2.75) is 19.4 Å². The van der Waals surface area contributed by atoms with E-state index in [1.807, 2.05) is 12.1 Å². The second-order valence-electron chi connectivity index (χ2n) is 3.90. The highest BCUT2D eigenvalue weighted by molar-refractivity contribution is 5.43. The predicted octanol–water partition coefficient (Wildman–Crippen LogP) is 1.94. The van der Waals surface area contributed by atoms with Gasteiger partial charge in [0.1, 0.15) is 0 Å². The maximum Gasteiger partial charge on any atom is 0.0994 e. The zero-order valence-electron chi connectivity index (χ0n) is 8.45. The van der Waals surface area contributed by atoms with Crippen LogP contribution < -0.4 is 0 Å². The summed E-state index contributed by atoms with van der Waals surface area (Å²) in [4.78, 5) is 2.31. The van der Waals surface area contributed by atoms with Gasteiger partial charge in [0.15, 0.2) is 0 Å². The van der Waals surface area contributed by atoms with Crippen LogP contribution in [0.5, 0.6) is 0 Å². The zero-order valence-corrected chi connectivity index (χ0v) is 8.45. The average molecular weight is 186 g/mol. The molecule has 0 spiro atoms. The molecule has 0 unspecified atom stereocenters. The molecular formula is C12H14N2. The van der Waals surface area contributed by atoms with E-state index in [9.17, 15) is 0 Å². The number of hydrogen-bond donors (Lipinski definition) is 0. The first-order chi connectivity index (χ1) is 6.81. The Morgan fingerprint density at radius 2 is 2.29 bits per heavy atom. The highest BCUT2D eigenvalue weighted by atomic mass is 15.1. The first kappa shape index (κ1) is 9.23. The maximum absolute atomic E-state index is 8.99. The van der Waals surface area contributed by atoms with Gasteiger partial charge in [-0.2, -0.15) is 5.26 Å². The van der Waals surface area contributed by atoms with Crippen LogP contribution in [0.1, 0.15) is 23.1 Å². The zero-order chi connectivity index (χ0) is 9.97. The molecule has 1 aliphatic rings. The van der Waals surface area contributed by atoms with Crippen LogP contribution in [0, 0.1) is 11.3 Å². The third-order valence-corrected chi connectivity index (χ3v) is 2.80. The monoisotopic (exact) mass is 186 g/mol. The molecule has 0 fully saturated rings. The van der Waals surface area contributed by atoms with Gasteiger partial charge in [0.05, 0.1) is 11.6 Å². The van der Waals surface area contributed by atoms with E-state index in [0.717, 1.165) is 31.5 Å². The normalized spacial score (nSPS) is 16.9. The Balaban J connectivity index is 2.45. The van der Waals surface area contributed by atoms with Crippen LogP contribution in [0.2, 0.25) is 0 Å². The minimum absolute atomic E-state index is 0.859. The topological polar surface area (TPSA) is 27.0 Å². The third-order valence-electron chi connectivity index (χ3n) is 2.80. The first-order valence-corrected chi connectivity index (χ1v) is 5.00. The fraction of sp³-hybridized carbons (Fsp3) is 0.417. The van der Waals surface area contributed by atoms with E-state index in [2.05, 4.69) is 24.1 Å². The minimum atomic E-state index is 0.859. The fourth-order valence-corrected chi connectivity index (χ4v) is 2.08. The molecule has 0 aromatic heterocycles. The molecule has 2 nitrogen and oxygen atoms in total. The summed E-state index contributed by atoms with van der Waals surface area (Å²) < 4.78 is 0. The fourth-order valence-electron chi connectivity index (χ4n) is 2.08. The Morgan fingerprint density at radius 3 is 3.07 bits per heavy atom. The average Bonchev–Trinajstić information content (AvgIpc) is 2.37. The molecule has 1 aromatic rings. The SMILES string of the molecule is CN1CCCc2c(C#N)cccc2C1. The highest BCUT2D eigenvalue weighted by Crippen LogP contribution is 2.20. The Kier molecular flexibility index (Phi) is 2.51. The van der Waals surface area contributed by atoms with Crippen LogP contribution in [-0.2, 0) is 13.0 Å². The second kappa shape index (κ2) is 3.81. The number of rotatable bonds is 0. The largest absolute Gasteiger partial charge is 0.302 e. The van der Waals surface area contributed by atoms with E-state index in [4.69, 9.17) is 5.26 Å². The van der Waals surface area contributed by atoms with E-state index < -0.39 is 0 Å². The van der Waals surface area contributed by atoms with E-state index in [-0.39, 0.29) is 0 Å². The van der Waals surface area contributed by atoms with Crippen molar-refractivity contribution in [1.82, 2.24) is 4.90 Å². The van der Waals surface area contributed by atoms with E-state index in [0.29, 0.717) is 0 Å². The van der Waals surface area contributed by atoms with Crippen molar-refractivity contribution in [3.05, 3.63) is 34.9 Å². The summed E-state index contributed by atoms with van der Waals surface area (Å²) in [6.07, 6.45) is 2.20. The van der Waals surface area contributed by atoms with E-state index in [1.165, 1.54) is 11.1 Å². The Labute approximate surface area is 84.8 Å². The molecule has 0 amide bonds. The Bertz CT molecular complexity index is 376. The molecule has 0 saturated heterocycles. The summed E-state index contributed by atoms with van der Waals surface area (Å²) >= 11 is 0. The number of nitriles is 1. The summed E-state index contributed by atoms with van der Waals surface area (Å²) in [5.74, 6) is 0. The molecule has 1 aliphatic heterocycles. The molecule has 14 heavy (non-hydrogen) atoms. The van der Waals surface area contributed by atoms with Crippen molar-refractivity contribution in [2.24, 2.45) is 0 Å². The van der Waals surface area contributed by atoms with Crippen LogP contribution in [0.25, 0.3) is 0 Å². The standard InChI is InChI=1S/C12H14N2/c1-14-7-3-6-12-10(8-13)4-2-5-11(12)9-14/h2,4-5H,3,6-7,9H2,1H3. The van der Waals surface area contributed by atoms with Gasteiger partial charge in [0.2, 0.25) is 0 Å². The van der Waals surface area contributed by atoms with E-state index in [1.54, 1.807) is 0 Å². The molecule has 72 valence electrons. The van der Waals surface area contributed by atoms with Crippen molar-refractivity contribution in [2.75, 3.05) is 13.6 Å². The maximum atomic E-state index is 8.99. The van der Waals surface area contributed by atoms with Crippen LogP contribution in [0.15, 0.2) is 18.2 Å². The van der Waals surface area contributed by atoms with Crippen LogP contribution in [0.4, 0.5) is 0 Å². The van der Waals surface area contributed by atoms with Gasteiger partial charge in [-0.1, -0.05) is 12.1 Å². The molecule has 0 radical (unpaired) electrons. The van der Waals surface area contributed by atoms with Crippen molar-refractivity contribution in [1.29, 1.82) is 5.26 Å². The van der Waals surface area contributed by atoms with Gasteiger partial charge in [-0.25, -0.2) is 0 Å². The molecule has 0 aliphatic carbocycles. The number of benzene rings is 1. The molecule has 0 bridgehead atoms. The first-order valence-electron chi connectivity index (χ1n) is 5.00. The summed E-state index contributed by atoms with van der Waals surface area (Å²) in [5, 5.41) is 8.99. The molecule has 2 rings (SSSR count). The molecule has 0 atom stereocenters. The smallest absolute Gasteiger partial charge is 0.0994 e. The van der Waals surface area contributed by atoms with Crippen molar-refractivity contribution < 1.29 is 0 Å². The minimum Gasteiger partial charge on any atom is -0.302 e. The molecule has 2 heteroatoms. The van der Waals surface area contributed by atoms with Crippen LogP contribution >= 0.6 is 0 Å². The van der Waals surface area contributed by atoms with Gasteiger partial charge in [0.25, 0.3) is 0 Å². The van der Waals surface area contributed by atoms with Gasteiger partial charge in [-0.3, -0.25) is 0 Å². The number of hydrogen-bond acceptors (Lipinski definition) is 2. The van der Waals surface area contributed by atoms with Gasteiger partial charge in [0, 0.05) is 6.54 Å². The van der Waals surface area contributed by atoms with Gasteiger partial charge >= 0.3 is 0 Å². The lowest BCUT2D eigenvalue weighted by molar-refractivity contribution is 0.332. The lowest BCUT2D eigenvalue weighted by atomic mass is 9.99. The van der Waals surface area contributed by atoms with Gasteiger partial charge < -0.3 is 4.90 Å². The Morgan fingerprint density at radius 1 is 1.43 bits per heavy atom. The highest BCUT2D eigenvalue weighted by Gasteiger charge is 2.13. The summed E-state index contributed by atoms with van der Waals surface area (Å²) in [7, 11) is 2.13. The van der Waals surface area contributed by atoms with Crippen molar-refractivity contribution >= 4 is 0 Å². The molecule has 0 N–H and O–H groups in total.